The van der Waals surface area contributed by atoms with Crippen molar-refractivity contribution in [3.63, 3.8) is 0 Å². The number of benzene rings is 1. The number of piperidine rings is 1. The van der Waals surface area contributed by atoms with Gasteiger partial charge in [0.15, 0.2) is 0 Å². The van der Waals surface area contributed by atoms with Crippen LogP contribution in [0.15, 0.2) is 24.3 Å². The Hall–Kier alpha value is -1.55. The fourth-order valence-corrected chi connectivity index (χ4v) is 3.74. The highest BCUT2D eigenvalue weighted by atomic mass is 32.2. The van der Waals surface area contributed by atoms with E-state index < -0.39 is 10.2 Å². The van der Waals surface area contributed by atoms with Crippen molar-refractivity contribution in [1.82, 2.24) is 4.31 Å². The Balaban J connectivity index is 2.06. The Morgan fingerprint density at radius 3 is 2.71 bits per heavy atom. The molecule has 0 spiro atoms. The monoisotopic (exact) mass is 307 g/mol. The van der Waals surface area contributed by atoms with E-state index in [0.29, 0.717) is 31.2 Å². The molecule has 1 aliphatic rings. The largest absolute Gasteiger partial charge is 0.320 e. The van der Waals surface area contributed by atoms with Crippen LogP contribution in [0.25, 0.3) is 0 Å². The highest BCUT2D eigenvalue weighted by Crippen LogP contribution is 2.20. The molecule has 1 saturated heterocycles. The van der Waals surface area contributed by atoms with Gasteiger partial charge in [-0.2, -0.15) is 12.7 Å². The molecular weight excluding hydrogens is 286 g/mol. The van der Waals surface area contributed by atoms with E-state index in [1.807, 2.05) is 0 Å². The van der Waals surface area contributed by atoms with Crippen LogP contribution in [0, 0.1) is 17.8 Å². The lowest BCUT2D eigenvalue weighted by molar-refractivity contribution is 0.282. The summed E-state index contributed by atoms with van der Waals surface area (Å²) in [5, 5.41) is 0. The first kappa shape index (κ1) is 15.8. The van der Waals surface area contributed by atoms with Crippen LogP contribution in [-0.4, -0.2) is 32.4 Å². The van der Waals surface area contributed by atoms with E-state index in [9.17, 15) is 8.42 Å². The van der Waals surface area contributed by atoms with Crippen molar-refractivity contribution in [3.05, 3.63) is 29.8 Å². The van der Waals surface area contributed by atoms with Crippen molar-refractivity contribution >= 4 is 15.9 Å². The van der Waals surface area contributed by atoms with Crippen LogP contribution in [0.1, 0.15) is 25.3 Å². The summed E-state index contributed by atoms with van der Waals surface area (Å²) in [5.41, 5.74) is 6.68. The van der Waals surface area contributed by atoms with Crippen LogP contribution in [0.5, 0.6) is 0 Å². The summed E-state index contributed by atoms with van der Waals surface area (Å²) in [4.78, 5) is 0. The highest BCUT2D eigenvalue weighted by Gasteiger charge is 2.26. The SMILES string of the molecule is CC1CCCN(S(=O)(=O)Nc2ccc(C#CCN)cc2)C1. The molecule has 3 N–H and O–H groups in total. The Morgan fingerprint density at radius 1 is 1.38 bits per heavy atom. The summed E-state index contributed by atoms with van der Waals surface area (Å²) < 4.78 is 28.8. The molecule has 21 heavy (non-hydrogen) atoms. The average molecular weight is 307 g/mol. The molecule has 114 valence electrons. The number of rotatable bonds is 3. The maximum Gasteiger partial charge on any atom is 0.301 e. The fraction of sp³-hybridized carbons (Fsp3) is 0.467. The topological polar surface area (TPSA) is 75.4 Å². The quantitative estimate of drug-likeness (QED) is 0.829. The van der Waals surface area contributed by atoms with E-state index in [-0.39, 0.29) is 0 Å². The van der Waals surface area contributed by atoms with Crippen LogP contribution in [0.4, 0.5) is 5.69 Å². The van der Waals surface area contributed by atoms with Crippen molar-refractivity contribution in [2.45, 2.75) is 19.8 Å². The van der Waals surface area contributed by atoms with Crippen LogP contribution >= 0.6 is 0 Å². The summed E-state index contributed by atoms with van der Waals surface area (Å²) in [6.07, 6.45) is 2.00. The molecule has 0 aromatic heterocycles. The Kier molecular flexibility index (Phi) is 5.23. The minimum absolute atomic E-state index is 0.307. The summed E-state index contributed by atoms with van der Waals surface area (Å²) in [5.74, 6) is 6.07. The molecule has 0 bridgehead atoms. The molecule has 0 saturated carbocycles. The van der Waals surface area contributed by atoms with E-state index in [1.165, 1.54) is 4.31 Å². The third-order valence-electron chi connectivity index (χ3n) is 3.43. The van der Waals surface area contributed by atoms with E-state index in [4.69, 9.17) is 5.73 Å². The molecule has 1 aromatic carbocycles. The highest BCUT2D eigenvalue weighted by molar-refractivity contribution is 7.90. The number of hydrogen-bond acceptors (Lipinski definition) is 3. The molecular formula is C15H21N3O2S. The Bertz CT molecular complexity index is 629. The molecule has 0 amide bonds. The van der Waals surface area contributed by atoms with Gasteiger partial charge in [-0.1, -0.05) is 18.8 Å². The van der Waals surface area contributed by atoms with Gasteiger partial charge in [0.2, 0.25) is 0 Å². The standard InChI is InChI=1S/C15H21N3O2S/c1-13-4-3-11-18(12-13)21(19,20)17-15-8-6-14(7-9-15)5-2-10-16/h6-9,13,17H,3-4,10-12,16H2,1H3. The third kappa shape index (κ3) is 4.46. The van der Waals surface area contributed by atoms with Crippen molar-refractivity contribution in [3.8, 4) is 11.8 Å². The van der Waals surface area contributed by atoms with Crippen molar-refractivity contribution in [2.75, 3.05) is 24.4 Å². The summed E-state index contributed by atoms with van der Waals surface area (Å²) in [6.45, 7) is 3.54. The Morgan fingerprint density at radius 2 is 2.10 bits per heavy atom. The number of nitrogens with zero attached hydrogens (tertiary/aromatic N) is 1. The lowest BCUT2D eigenvalue weighted by Crippen LogP contribution is -2.42. The number of hydrogen-bond donors (Lipinski definition) is 2. The zero-order chi connectivity index (χ0) is 15.3. The van der Waals surface area contributed by atoms with Gasteiger partial charge in [-0.25, -0.2) is 0 Å². The van der Waals surface area contributed by atoms with Gasteiger partial charge in [0, 0.05) is 24.3 Å². The molecule has 0 radical (unpaired) electrons. The van der Waals surface area contributed by atoms with Gasteiger partial charge in [0.1, 0.15) is 0 Å². The lowest BCUT2D eigenvalue weighted by atomic mass is 10.0. The minimum Gasteiger partial charge on any atom is -0.320 e. The zero-order valence-electron chi connectivity index (χ0n) is 12.2. The summed E-state index contributed by atoms with van der Waals surface area (Å²) in [7, 11) is -3.47. The molecule has 0 aliphatic carbocycles. The molecule has 1 aliphatic heterocycles. The van der Waals surface area contributed by atoms with E-state index in [0.717, 1.165) is 18.4 Å². The second-order valence-corrected chi connectivity index (χ2v) is 6.97. The average Bonchev–Trinajstić information content (AvgIpc) is 2.46. The molecule has 5 nitrogen and oxygen atoms in total. The predicted molar refractivity (Wildman–Crippen MR) is 84.9 cm³/mol. The molecule has 1 fully saturated rings. The van der Waals surface area contributed by atoms with Gasteiger partial charge in [-0.05, 0) is 43.0 Å². The number of nitrogens with one attached hydrogen (secondary N) is 1. The molecule has 1 heterocycles. The second-order valence-electron chi connectivity index (χ2n) is 5.30. The minimum atomic E-state index is -3.47. The first-order valence-corrected chi connectivity index (χ1v) is 8.52. The smallest absolute Gasteiger partial charge is 0.301 e. The lowest BCUT2D eigenvalue weighted by Gasteiger charge is -2.30. The maximum atomic E-state index is 12.3. The first-order valence-electron chi connectivity index (χ1n) is 7.08. The Labute approximate surface area is 126 Å². The summed E-state index contributed by atoms with van der Waals surface area (Å²) in [6, 6.07) is 6.98. The summed E-state index contributed by atoms with van der Waals surface area (Å²) >= 11 is 0. The molecule has 6 heteroatoms. The molecule has 1 atom stereocenters. The van der Waals surface area contributed by atoms with E-state index >= 15 is 0 Å². The second kappa shape index (κ2) is 6.94. The number of nitrogens with two attached hydrogens (primary N) is 1. The van der Waals surface area contributed by atoms with Crippen molar-refractivity contribution in [2.24, 2.45) is 11.7 Å². The molecule has 2 rings (SSSR count). The predicted octanol–water partition coefficient (Wildman–Crippen LogP) is 1.39. The zero-order valence-corrected chi connectivity index (χ0v) is 13.0. The van der Waals surface area contributed by atoms with Crippen LogP contribution in [-0.2, 0) is 10.2 Å². The van der Waals surface area contributed by atoms with Gasteiger partial charge in [-0.15, -0.1) is 0 Å². The first-order chi connectivity index (χ1) is 10.0. The normalized spacial score (nSPS) is 19.6. The van der Waals surface area contributed by atoms with Gasteiger partial charge >= 0.3 is 10.2 Å². The van der Waals surface area contributed by atoms with Gasteiger partial charge in [-0.3, -0.25) is 4.72 Å². The fourth-order valence-electron chi connectivity index (χ4n) is 2.35. The number of anilines is 1. The third-order valence-corrected chi connectivity index (χ3v) is 4.93. The maximum absolute atomic E-state index is 12.3. The van der Waals surface area contributed by atoms with E-state index in [1.54, 1.807) is 24.3 Å². The van der Waals surface area contributed by atoms with Crippen LogP contribution in [0.3, 0.4) is 0 Å². The van der Waals surface area contributed by atoms with Crippen molar-refractivity contribution in [1.29, 1.82) is 0 Å². The van der Waals surface area contributed by atoms with Crippen molar-refractivity contribution < 1.29 is 8.42 Å². The van der Waals surface area contributed by atoms with Gasteiger partial charge in [0.25, 0.3) is 0 Å². The van der Waals surface area contributed by atoms with Crippen LogP contribution in [0.2, 0.25) is 0 Å². The van der Waals surface area contributed by atoms with Gasteiger partial charge in [0.05, 0.1) is 6.54 Å². The molecule has 1 unspecified atom stereocenters. The van der Waals surface area contributed by atoms with Crippen LogP contribution < -0.4 is 10.5 Å². The van der Waals surface area contributed by atoms with Gasteiger partial charge < -0.3 is 5.73 Å². The molecule has 1 aromatic rings. The van der Waals surface area contributed by atoms with E-state index in [2.05, 4.69) is 23.5 Å².